The van der Waals surface area contributed by atoms with E-state index in [0.29, 0.717) is 63.8 Å². The van der Waals surface area contributed by atoms with Crippen molar-refractivity contribution in [2.75, 3.05) is 78.5 Å². The molecular weight excluding hydrogens is 578 g/mol. The maximum atomic E-state index is 13.2. The van der Waals surface area contributed by atoms with E-state index in [9.17, 15) is 34.5 Å². The number of aliphatic imine (C=N–C) groups is 1. The van der Waals surface area contributed by atoms with Gasteiger partial charge in [-0.15, -0.1) is 11.8 Å². The molecule has 1 fully saturated rings. The number of hydrogen-bond acceptors (Lipinski definition) is 11. The predicted molar refractivity (Wildman–Crippen MR) is 162 cm³/mol. The van der Waals surface area contributed by atoms with Gasteiger partial charge in [-0.3, -0.25) is 43.8 Å². The first kappa shape index (κ1) is 32.3. The number of thioether (sulfide) groups is 1. The average molecular weight is 616 g/mol. The highest BCUT2D eigenvalue weighted by atomic mass is 32.2. The van der Waals surface area contributed by atoms with Gasteiger partial charge in [0.1, 0.15) is 0 Å². The Morgan fingerprint density at radius 2 is 1.28 bits per heavy atom. The molecular formula is C28H37N7O7S. The molecule has 4 aliphatic rings. The third-order valence-corrected chi connectivity index (χ3v) is 8.59. The maximum Gasteiger partial charge on any atom is 0.317 e. The first-order valence-corrected chi connectivity index (χ1v) is 14.9. The molecule has 0 spiro atoms. The second-order valence-corrected chi connectivity index (χ2v) is 11.9. The van der Waals surface area contributed by atoms with Crippen LogP contribution in [0.1, 0.15) is 0 Å². The molecule has 15 heteroatoms. The van der Waals surface area contributed by atoms with Crippen LogP contribution in [0.15, 0.2) is 52.1 Å². The van der Waals surface area contributed by atoms with Crippen LogP contribution in [0.2, 0.25) is 0 Å². The van der Waals surface area contributed by atoms with Crippen LogP contribution in [0.3, 0.4) is 0 Å². The molecule has 0 saturated carbocycles. The lowest BCUT2D eigenvalue weighted by molar-refractivity contribution is -0.140. The fraction of sp³-hybridized carbons (Fsp3) is 0.500. The zero-order valence-corrected chi connectivity index (χ0v) is 24.5. The summed E-state index contributed by atoms with van der Waals surface area (Å²) < 4.78 is 0. The van der Waals surface area contributed by atoms with Gasteiger partial charge < -0.3 is 26.0 Å². The van der Waals surface area contributed by atoms with Crippen LogP contribution < -0.4 is 5.32 Å². The molecule has 1 saturated heterocycles. The van der Waals surface area contributed by atoms with Crippen molar-refractivity contribution in [3.05, 3.63) is 47.1 Å². The van der Waals surface area contributed by atoms with E-state index >= 15 is 0 Å². The van der Waals surface area contributed by atoms with Gasteiger partial charge in [0.05, 0.1) is 48.9 Å². The summed E-state index contributed by atoms with van der Waals surface area (Å²) in [7, 11) is 0. The number of rotatable bonds is 9. The molecule has 2 aliphatic heterocycles. The van der Waals surface area contributed by atoms with Crippen molar-refractivity contribution < 1.29 is 34.5 Å². The number of fused-ring (bicyclic) bond motifs is 2. The van der Waals surface area contributed by atoms with Crippen LogP contribution in [-0.2, 0) is 19.2 Å². The molecule has 4 rings (SSSR count). The van der Waals surface area contributed by atoms with Crippen LogP contribution >= 0.6 is 11.8 Å². The summed E-state index contributed by atoms with van der Waals surface area (Å²) in [4.78, 5) is 60.2. The Labute approximate surface area is 253 Å². The third kappa shape index (κ3) is 10.2. The van der Waals surface area contributed by atoms with Gasteiger partial charge in [-0.25, -0.2) is 0 Å². The highest BCUT2D eigenvalue weighted by molar-refractivity contribution is 8.05. The number of carboxylic acid groups (broad SMARTS) is 3. The minimum Gasteiger partial charge on any atom is -0.480 e. The van der Waals surface area contributed by atoms with Crippen molar-refractivity contribution in [3.8, 4) is 0 Å². The molecule has 1 amide bonds. The fourth-order valence-electron chi connectivity index (χ4n) is 5.16. The lowest BCUT2D eigenvalue weighted by Crippen LogP contribution is -2.49. The van der Waals surface area contributed by atoms with Crippen LogP contribution in [0, 0.1) is 5.41 Å². The molecule has 232 valence electrons. The lowest BCUT2D eigenvalue weighted by Gasteiger charge is -2.33. The molecule has 5 N–H and O–H groups in total. The van der Waals surface area contributed by atoms with Gasteiger partial charge in [0, 0.05) is 63.0 Å². The third-order valence-electron chi connectivity index (χ3n) is 7.32. The van der Waals surface area contributed by atoms with Gasteiger partial charge in [-0.05, 0) is 30.4 Å². The van der Waals surface area contributed by atoms with E-state index in [0.717, 1.165) is 10.6 Å². The molecule has 2 atom stereocenters. The smallest absolute Gasteiger partial charge is 0.317 e. The van der Waals surface area contributed by atoms with Crippen molar-refractivity contribution in [1.82, 2.24) is 24.9 Å². The van der Waals surface area contributed by atoms with Gasteiger partial charge in [0.15, 0.2) is 0 Å². The number of nitrogens with one attached hydrogen (secondary N) is 2. The molecule has 2 unspecified atom stereocenters. The number of allylic oxidation sites excluding steroid dienone is 5. The Morgan fingerprint density at radius 3 is 1.77 bits per heavy atom. The summed E-state index contributed by atoms with van der Waals surface area (Å²) >= 11 is 1.60. The molecule has 2 heterocycles. The van der Waals surface area contributed by atoms with E-state index in [-0.39, 0.29) is 43.4 Å². The zero-order chi connectivity index (χ0) is 30.9. The van der Waals surface area contributed by atoms with Crippen molar-refractivity contribution in [1.29, 1.82) is 5.41 Å². The Morgan fingerprint density at radius 1 is 0.791 bits per heavy atom. The van der Waals surface area contributed by atoms with E-state index < -0.39 is 17.9 Å². The average Bonchev–Trinajstić information content (AvgIpc) is 2.92. The quantitative estimate of drug-likeness (QED) is 0.208. The van der Waals surface area contributed by atoms with Crippen LogP contribution in [-0.4, -0.2) is 160 Å². The minimum atomic E-state index is -1.01. The van der Waals surface area contributed by atoms with E-state index in [2.05, 4.69) is 5.32 Å². The monoisotopic (exact) mass is 615 g/mol. The molecule has 14 nitrogen and oxygen atoms in total. The number of carbonyl (C=O) groups excluding carboxylic acids is 1. The number of aliphatic carboxylic acids is 3. The van der Waals surface area contributed by atoms with Crippen LogP contribution in [0.5, 0.6) is 0 Å². The van der Waals surface area contributed by atoms with E-state index in [1.54, 1.807) is 38.6 Å². The van der Waals surface area contributed by atoms with Gasteiger partial charge >= 0.3 is 17.9 Å². The minimum absolute atomic E-state index is 0.0221. The Balaban J connectivity index is 1.41. The standard InChI is InChI=1S/C28H37N7O7S/c29-19-1-3-21-23(13-19)43-24-14-20(2-4-22(24)31-21)30-25(36)15-32-5-7-33(16-26(37)38)9-11-35(18-28(41)42)12-10-34(8-6-32)17-27(39)40/h1-4,13-14,22,24,29H,5-12,15-18H2,(H,30,36)(H,37,38)(H,39,40)(H,41,42). The van der Waals surface area contributed by atoms with E-state index in [1.807, 2.05) is 29.2 Å². The van der Waals surface area contributed by atoms with Crippen molar-refractivity contribution in [3.63, 3.8) is 0 Å². The normalized spacial score (nSPS) is 24.4. The van der Waals surface area contributed by atoms with E-state index in [1.165, 1.54) is 0 Å². The molecule has 0 aromatic rings. The first-order valence-electron chi connectivity index (χ1n) is 14.0. The van der Waals surface area contributed by atoms with Crippen molar-refractivity contribution in [2.45, 2.75) is 11.3 Å². The van der Waals surface area contributed by atoms with Crippen molar-refractivity contribution in [2.24, 2.45) is 4.99 Å². The highest BCUT2D eigenvalue weighted by Crippen LogP contribution is 2.37. The summed E-state index contributed by atoms with van der Waals surface area (Å²) in [6.07, 6.45) is 11.1. The second-order valence-electron chi connectivity index (χ2n) is 10.7. The van der Waals surface area contributed by atoms with Crippen LogP contribution in [0.25, 0.3) is 0 Å². The number of hydrogen-bond donors (Lipinski definition) is 5. The number of carbonyl (C=O) groups is 4. The Hall–Kier alpha value is -3.63. The zero-order valence-electron chi connectivity index (χ0n) is 23.7. The van der Waals surface area contributed by atoms with Gasteiger partial charge in [0.25, 0.3) is 0 Å². The topological polar surface area (TPSA) is 190 Å². The molecule has 0 bridgehead atoms. The molecule has 43 heavy (non-hydrogen) atoms. The summed E-state index contributed by atoms with van der Waals surface area (Å²) in [6, 6.07) is -0.0725. The molecule has 2 aliphatic carbocycles. The maximum absolute atomic E-state index is 13.2. The lowest BCUT2D eigenvalue weighted by atomic mass is 10.0. The predicted octanol–water partition coefficient (Wildman–Crippen LogP) is -0.570. The summed E-state index contributed by atoms with van der Waals surface area (Å²) in [5.74, 6) is -3.27. The van der Waals surface area contributed by atoms with Crippen molar-refractivity contribution >= 4 is 47.0 Å². The van der Waals surface area contributed by atoms with Crippen LogP contribution in [0.4, 0.5) is 0 Å². The van der Waals surface area contributed by atoms with Gasteiger partial charge in [-0.2, -0.15) is 0 Å². The first-order chi connectivity index (χ1) is 20.5. The number of carboxylic acids is 3. The molecule has 0 aromatic heterocycles. The Bertz CT molecular complexity index is 1250. The molecule has 0 aromatic carbocycles. The Kier molecular flexibility index (Phi) is 11.4. The number of nitrogens with zero attached hydrogens (tertiary/aromatic N) is 5. The SMILES string of the molecule is N=C1C=CC2=NC3C=CC(NC(=O)CN4CCN(CC(=O)O)CCN(CC(=O)O)CCN(CC(=O)O)CC4)=CC3SC2=C1. The van der Waals surface area contributed by atoms with E-state index in [4.69, 9.17) is 10.4 Å². The second kappa shape index (κ2) is 15.2. The molecule has 0 radical (unpaired) electrons. The summed E-state index contributed by atoms with van der Waals surface area (Å²) in [6.45, 7) is 1.98. The van der Waals surface area contributed by atoms with Gasteiger partial charge in [-0.1, -0.05) is 6.08 Å². The fourth-order valence-corrected chi connectivity index (χ4v) is 6.39. The summed E-state index contributed by atoms with van der Waals surface area (Å²) in [5, 5.41) is 38.9. The summed E-state index contributed by atoms with van der Waals surface area (Å²) in [5.41, 5.74) is 1.91. The highest BCUT2D eigenvalue weighted by Gasteiger charge is 2.30. The van der Waals surface area contributed by atoms with Gasteiger partial charge in [0.2, 0.25) is 5.91 Å². The largest absolute Gasteiger partial charge is 0.480 e. The number of amides is 1.